The summed E-state index contributed by atoms with van der Waals surface area (Å²) in [4.78, 5) is 0.150. The summed E-state index contributed by atoms with van der Waals surface area (Å²) < 4.78 is 40.2. The van der Waals surface area contributed by atoms with Crippen molar-refractivity contribution >= 4 is 26.0 Å². The van der Waals surface area contributed by atoms with Gasteiger partial charge in [-0.15, -0.1) is 0 Å². The predicted octanol–water partition coefficient (Wildman–Crippen LogP) is 3.54. The molecule has 0 aliphatic heterocycles. The molecule has 0 bridgehead atoms. The number of nitrogens with zero attached hydrogens (tertiary/aromatic N) is 1. The Bertz CT molecular complexity index is 558. The van der Waals surface area contributed by atoms with E-state index < -0.39 is 15.8 Å². The Balaban J connectivity index is 2.33. The molecule has 106 valence electrons. The minimum atomic E-state index is -3.54. The summed E-state index contributed by atoms with van der Waals surface area (Å²) in [6.07, 6.45) is 3.63. The fourth-order valence-electron chi connectivity index (χ4n) is 1.99. The largest absolute Gasteiger partial charge is 0.244 e. The quantitative estimate of drug-likeness (QED) is 0.787. The van der Waals surface area contributed by atoms with E-state index in [0.717, 1.165) is 25.7 Å². The van der Waals surface area contributed by atoms with Crippen molar-refractivity contribution < 1.29 is 12.8 Å². The molecule has 1 saturated carbocycles. The van der Waals surface area contributed by atoms with Crippen molar-refractivity contribution in [3.8, 4) is 0 Å². The van der Waals surface area contributed by atoms with E-state index >= 15 is 0 Å². The SMILES string of the molecule is CCCCN(C1CC1)S(=O)(=O)c1ccc(F)cc1Br. The van der Waals surface area contributed by atoms with Crippen molar-refractivity contribution in [3.05, 3.63) is 28.5 Å². The Morgan fingerprint density at radius 1 is 1.42 bits per heavy atom. The minimum Gasteiger partial charge on any atom is -0.207 e. The van der Waals surface area contributed by atoms with Gasteiger partial charge in [-0.25, -0.2) is 12.8 Å². The van der Waals surface area contributed by atoms with E-state index in [4.69, 9.17) is 0 Å². The maximum Gasteiger partial charge on any atom is 0.244 e. The first-order valence-electron chi connectivity index (χ1n) is 6.43. The molecule has 6 heteroatoms. The molecule has 0 N–H and O–H groups in total. The third-order valence-corrected chi connectivity index (χ3v) is 6.10. The van der Waals surface area contributed by atoms with E-state index in [1.54, 1.807) is 4.31 Å². The van der Waals surface area contributed by atoms with E-state index in [9.17, 15) is 12.8 Å². The molecule has 1 aromatic carbocycles. The highest BCUT2D eigenvalue weighted by atomic mass is 79.9. The van der Waals surface area contributed by atoms with Crippen LogP contribution < -0.4 is 0 Å². The zero-order chi connectivity index (χ0) is 14.0. The van der Waals surface area contributed by atoms with Crippen LogP contribution in [-0.4, -0.2) is 25.3 Å². The van der Waals surface area contributed by atoms with Crippen molar-refractivity contribution in [1.82, 2.24) is 4.31 Å². The van der Waals surface area contributed by atoms with E-state index in [1.165, 1.54) is 18.2 Å². The smallest absolute Gasteiger partial charge is 0.207 e. The van der Waals surface area contributed by atoms with E-state index in [2.05, 4.69) is 15.9 Å². The molecule has 0 unspecified atom stereocenters. The highest BCUT2D eigenvalue weighted by Gasteiger charge is 2.38. The van der Waals surface area contributed by atoms with Crippen LogP contribution in [0, 0.1) is 5.82 Å². The number of benzene rings is 1. The number of rotatable bonds is 6. The van der Waals surface area contributed by atoms with Gasteiger partial charge in [0.15, 0.2) is 0 Å². The highest BCUT2D eigenvalue weighted by Crippen LogP contribution is 2.34. The van der Waals surface area contributed by atoms with Crippen LogP contribution in [0.3, 0.4) is 0 Å². The van der Waals surface area contributed by atoms with E-state index in [-0.39, 0.29) is 15.4 Å². The van der Waals surface area contributed by atoms with Crippen LogP contribution >= 0.6 is 15.9 Å². The Morgan fingerprint density at radius 2 is 2.11 bits per heavy atom. The number of sulfonamides is 1. The first kappa shape index (κ1) is 14.9. The number of hydrogen-bond acceptors (Lipinski definition) is 2. The summed E-state index contributed by atoms with van der Waals surface area (Å²) in [5.41, 5.74) is 0. The molecule has 1 aliphatic carbocycles. The first-order valence-corrected chi connectivity index (χ1v) is 8.67. The standard InChI is InChI=1S/C13H17BrFNO2S/c1-2-3-8-16(11-5-6-11)19(17,18)13-7-4-10(15)9-12(13)14/h4,7,9,11H,2-3,5-6,8H2,1H3. The summed E-state index contributed by atoms with van der Waals surface area (Å²) in [6.45, 7) is 2.57. The topological polar surface area (TPSA) is 37.4 Å². The lowest BCUT2D eigenvalue weighted by atomic mass is 10.3. The fraction of sp³-hybridized carbons (Fsp3) is 0.538. The third-order valence-electron chi connectivity index (χ3n) is 3.17. The number of halogens is 2. The summed E-state index contributed by atoms with van der Waals surface area (Å²) >= 11 is 3.14. The van der Waals surface area contributed by atoms with Gasteiger partial charge in [-0.1, -0.05) is 13.3 Å². The summed E-state index contributed by atoms with van der Waals surface area (Å²) in [7, 11) is -3.54. The van der Waals surface area contributed by atoms with Crippen LogP contribution in [0.25, 0.3) is 0 Å². The zero-order valence-electron chi connectivity index (χ0n) is 10.8. The van der Waals surface area contributed by atoms with Crippen molar-refractivity contribution in [3.63, 3.8) is 0 Å². The lowest BCUT2D eigenvalue weighted by Gasteiger charge is -2.22. The Morgan fingerprint density at radius 3 is 2.63 bits per heavy atom. The molecule has 0 atom stereocenters. The Labute approximate surface area is 122 Å². The molecule has 0 aromatic heterocycles. The lowest BCUT2D eigenvalue weighted by molar-refractivity contribution is 0.395. The molecular weight excluding hydrogens is 333 g/mol. The summed E-state index contributed by atoms with van der Waals surface area (Å²) in [5.74, 6) is -0.447. The zero-order valence-corrected chi connectivity index (χ0v) is 13.2. The molecule has 0 saturated heterocycles. The van der Waals surface area contributed by atoms with Crippen LogP contribution in [0.4, 0.5) is 4.39 Å². The number of unbranched alkanes of at least 4 members (excludes halogenated alkanes) is 1. The van der Waals surface area contributed by atoms with Crippen molar-refractivity contribution in [1.29, 1.82) is 0 Å². The van der Waals surface area contributed by atoms with Crippen LogP contribution in [0.15, 0.2) is 27.6 Å². The Kier molecular flexibility index (Phi) is 4.63. The maximum atomic E-state index is 13.1. The van der Waals surface area contributed by atoms with Gasteiger partial charge in [0.2, 0.25) is 10.0 Å². The van der Waals surface area contributed by atoms with E-state index in [0.29, 0.717) is 6.54 Å². The highest BCUT2D eigenvalue weighted by molar-refractivity contribution is 9.10. The van der Waals surface area contributed by atoms with Crippen LogP contribution in [0.5, 0.6) is 0 Å². The van der Waals surface area contributed by atoms with Gasteiger partial charge in [-0.2, -0.15) is 4.31 Å². The normalized spacial score (nSPS) is 16.0. The molecule has 0 spiro atoms. The van der Waals surface area contributed by atoms with Crippen LogP contribution in [0.1, 0.15) is 32.6 Å². The monoisotopic (exact) mass is 349 g/mol. The van der Waals surface area contributed by atoms with Crippen molar-refractivity contribution in [2.45, 2.75) is 43.5 Å². The average molecular weight is 350 g/mol. The molecule has 0 radical (unpaired) electrons. The first-order chi connectivity index (χ1) is 8.96. The lowest BCUT2D eigenvalue weighted by Crippen LogP contribution is -2.34. The van der Waals surface area contributed by atoms with Crippen LogP contribution in [0.2, 0.25) is 0 Å². The molecular formula is C13H17BrFNO2S. The van der Waals surface area contributed by atoms with Crippen molar-refractivity contribution in [2.24, 2.45) is 0 Å². The fourth-order valence-corrected chi connectivity index (χ4v) is 4.72. The predicted molar refractivity (Wildman–Crippen MR) is 75.9 cm³/mol. The molecule has 2 rings (SSSR count). The van der Waals surface area contributed by atoms with E-state index in [1.807, 2.05) is 6.92 Å². The third kappa shape index (κ3) is 3.35. The van der Waals surface area contributed by atoms with Gasteiger partial charge in [0.05, 0.1) is 4.90 Å². The van der Waals surface area contributed by atoms with Crippen LogP contribution in [-0.2, 0) is 10.0 Å². The molecule has 19 heavy (non-hydrogen) atoms. The minimum absolute atomic E-state index is 0.119. The Hall–Kier alpha value is -0.460. The maximum absolute atomic E-state index is 13.1. The second kappa shape index (κ2) is 5.89. The van der Waals surface area contributed by atoms with Gasteiger partial charge in [0.25, 0.3) is 0 Å². The number of hydrogen-bond donors (Lipinski definition) is 0. The molecule has 1 aliphatic rings. The molecule has 3 nitrogen and oxygen atoms in total. The van der Waals surface area contributed by atoms with Gasteiger partial charge in [0.1, 0.15) is 5.82 Å². The second-order valence-electron chi connectivity index (χ2n) is 4.78. The average Bonchev–Trinajstić information content (AvgIpc) is 3.13. The van der Waals surface area contributed by atoms with Gasteiger partial charge in [0, 0.05) is 17.1 Å². The van der Waals surface area contributed by atoms with Gasteiger partial charge >= 0.3 is 0 Å². The molecule has 1 aromatic rings. The van der Waals surface area contributed by atoms with Gasteiger partial charge in [-0.05, 0) is 53.4 Å². The second-order valence-corrected chi connectivity index (χ2v) is 7.49. The summed E-state index contributed by atoms with van der Waals surface area (Å²) in [5, 5.41) is 0. The molecule has 0 amide bonds. The van der Waals surface area contributed by atoms with Crippen molar-refractivity contribution in [2.75, 3.05) is 6.54 Å². The summed E-state index contributed by atoms with van der Waals surface area (Å²) in [6, 6.07) is 3.82. The molecule has 0 heterocycles. The molecule has 1 fully saturated rings. The van der Waals surface area contributed by atoms with Gasteiger partial charge < -0.3 is 0 Å². The van der Waals surface area contributed by atoms with Gasteiger partial charge in [-0.3, -0.25) is 0 Å².